The minimum atomic E-state index is -0.164. The molecule has 0 radical (unpaired) electrons. The highest BCUT2D eigenvalue weighted by Gasteiger charge is 2.08. The number of ether oxygens (including phenoxy) is 1. The molecule has 0 aromatic heterocycles. The van der Waals surface area contributed by atoms with Crippen LogP contribution in [0.15, 0.2) is 23.8 Å². The molecule has 0 saturated carbocycles. The summed E-state index contributed by atoms with van der Waals surface area (Å²) >= 11 is 0. The molecule has 1 aliphatic carbocycles. The standard InChI is InChI=1S/C12H19NO2/c1-10(11-6-4-3-5-7-11)13-9-8-12(14)15-2/h4,6-7,10,13H,3,5,8-9H2,1-2H3. The van der Waals surface area contributed by atoms with E-state index in [9.17, 15) is 4.79 Å². The lowest BCUT2D eigenvalue weighted by molar-refractivity contribution is -0.140. The lowest BCUT2D eigenvalue weighted by atomic mass is 10.0. The van der Waals surface area contributed by atoms with Crippen LogP contribution >= 0.6 is 0 Å². The molecule has 0 heterocycles. The van der Waals surface area contributed by atoms with Gasteiger partial charge < -0.3 is 10.1 Å². The Morgan fingerprint density at radius 1 is 1.60 bits per heavy atom. The third-order valence-corrected chi connectivity index (χ3v) is 2.53. The van der Waals surface area contributed by atoms with Crippen molar-refractivity contribution < 1.29 is 9.53 Å². The van der Waals surface area contributed by atoms with Crippen LogP contribution in [-0.4, -0.2) is 25.7 Å². The zero-order chi connectivity index (χ0) is 11.1. The number of allylic oxidation sites excluding steroid dienone is 2. The molecule has 84 valence electrons. The third-order valence-electron chi connectivity index (χ3n) is 2.53. The average Bonchev–Trinajstić information content (AvgIpc) is 2.29. The summed E-state index contributed by atoms with van der Waals surface area (Å²) in [5.41, 5.74) is 1.31. The lowest BCUT2D eigenvalue weighted by Crippen LogP contribution is -2.30. The highest BCUT2D eigenvalue weighted by molar-refractivity contribution is 5.69. The van der Waals surface area contributed by atoms with Crippen molar-refractivity contribution in [1.82, 2.24) is 5.32 Å². The van der Waals surface area contributed by atoms with Gasteiger partial charge in [0.1, 0.15) is 0 Å². The van der Waals surface area contributed by atoms with Gasteiger partial charge in [-0.1, -0.05) is 18.2 Å². The molecule has 1 atom stereocenters. The molecule has 3 nitrogen and oxygen atoms in total. The molecule has 0 saturated heterocycles. The van der Waals surface area contributed by atoms with Gasteiger partial charge >= 0.3 is 5.97 Å². The minimum Gasteiger partial charge on any atom is -0.469 e. The van der Waals surface area contributed by atoms with E-state index in [-0.39, 0.29) is 5.97 Å². The van der Waals surface area contributed by atoms with Crippen molar-refractivity contribution in [2.45, 2.75) is 32.2 Å². The number of carbonyl (C=O) groups is 1. The smallest absolute Gasteiger partial charge is 0.306 e. The van der Waals surface area contributed by atoms with Crippen molar-refractivity contribution in [3.8, 4) is 0 Å². The van der Waals surface area contributed by atoms with Crippen LogP contribution < -0.4 is 5.32 Å². The van der Waals surface area contributed by atoms with Crippen LogP contribution in [0.2, 0.25) is 0 Å². The molecule has 0 bridgehead atoms. The zero-order valence-electron chi connectivity index (χ0n) is 9.45. The number of hydrogen-bond donors (Lipinski definition) is 1. The molecular formula is C12H19NO2. The van der Waals surface area contributed by atoms with Gasteiger partial charge in [0.2, 0.25) is 0 Å². The maximum atomic E-state index is 10.9. The monoisotopic (exact) mass is 209 g/mol. The van der Waals surface area contributed by atoms with Crippen LogP contribution in [0, 0.1) is 0 Å². The first-order chi connectivity index (χ1) is 7.24. The van der Waals surface area contributed by atoms with Crippen molar-refractivity contribution in [3.05, 3.63) is 23.8 Å². The Morgan fingerprint density at radius 2 is 2.40 bits per heavy atom. The summed E-state index contributed by atoms with van der Waals surface area (Å²) in [6, 6.07) is 0.311. The fraction of sp³-hybridized carbons (Fsp3) is 0.583. The lowest BCUT2D eigenvalue weighted by Gasteiger charge is -2.16. The van der Waals surface area contributed by atoms with E-state index < -0.39 is 0 Å². The molecule has 0 fully saturated rings. The molecule has 0 aromatic carbocycles. The van der Waals surface area contributed by atoms with Crippen molar-refractivity contribution in [1.29, 1.82) is 0 Å². The van der Waals surface area contributed by atoms with Crippen molar-refractivity contribution in [3.63, 3.8) is 0 Å². The molecule has 0 aromatic rings. The molecule has 15 heavy (non-hydrogen) atoms. The number of hydrogen-bond acceptors (Lipinski definition) is 3. The summed E-state index contributed by atoms with van der Waals surface area (Å²) in [5, 5.41) is 3.30. The van der Waals surface area contributed by atoms with E-state index in [1.807, 2.05) is 0 Å². The predicted molar refractivity (Wildman–Crippen MR) is 60.6 cm³/mol. The summed E-state index contributed by atoms with van der Waals surface area (Å²) in [4.78, 5) is 10.9. The van der Waals surface area contributed by atoms with Gasteiger partial charge in [-0.2, -0.15) is 0 Å². The topological polar surface area (TPSA) is 38.3 Å². The van der Waals surface area contributed by atoms with Crippen LogP contribution in [0.25, 0.3) is 0 Å². The van der Waals surface area contributed by atoms with Crippen molar-refractivity contribution in [2.24, 2.45) is 0 Å². The van der Waals surface area contributed by atoms with Crippen LogP contribution in [0.1, 0.15) is 26.2 Å². The van der Waals surface area contributed by atoms with Gasteiger partial charge in [-0.3, -0.25) is 4.79 Å². The third kappa shape index (κ3) is 4.30. The van der Waals surface area contributed by atoms with Crippen LogP contribution in [-0.2, 0) is 9.53 Å². The Balaban J connectivity index is 2.23. The van der Waals surface area contributed by atoms with Gasteiger partial charge in [-0.25, -0.2) is 0 Å². The number of rotatable bonds is 5. The van der Waals surface area contributed by atoms with E-state index in [1.54, 1.807) is 0 Å². The van der Waals surface area contributed by atoms with Crippen LogP contribution in [0.4, 0.5) is 0 Å². The van der Waals surface area contributed by atoms with E-state index in [0.29, 0.717) is 19.0 Å². The first-order valence-corrected chi connectivity index (χ1v) is 5.41. The number of esters is 1. The summed E-state index contributed by atoms with van der Waals surface area (Å²) in [5.74, 6) is -0.164. The van der Waals surface area contributed by atoms with Gasteiger partial charge in [0.05, 0.1) is 13.5 Å². The largest absolute Gasteiger partial charge is 0.469 e. The Hall–Kier alpha value is -1.09. The van der Waals surface area contributed by atoms with E-state index in [1.165, 1.54) is 12.7 Å². The second-order valence-electron chi connectivity index (χ2n) is 3.69. The van der Waals surface area contributed by atoms with E-state index in [0.717, 1.165) is 12.8 Å². The molecule has 1 aliphatic rings. The first kappa shape index (κ1) is 12.0. The summed E-state index contributed by atoms with van der Waals surface area (Å²) in [6.45, 7) is 2.78. The van der Waals surface area contributed by atoms with Gasteiger partial charge in [-0.15, -0.1) is 0 Å². The maximum absolute atomic E-state index is 10.9. The van der Waals surface area contributed by atoms with Crippen molar-refractivity contribution in [2.75, 3.05) is 13.7 Å². The highest BCUT2D eigenvalue weighted by Crippen LogP contribution is 2.12. The maximum Gasteiger partial charge on any atom is 0.306 e. The SMILES string of the molecule is COC(=O)CCNC(C)C1=CCCC=C1. The Morgan fingerprint density at radius 3 is 3.00 bits per heavy atom. The Labute approximate surface area is 91.2 Å². The second kappa shape index (κ2) is 6.40. The first-order valence-electron chi connectivity index (χ1n) is 5.41. The fourth-order valence-corrected chi connectivity index (χ4v) is 1.57. The molecule has 3 heteroatoms. The Bertz CT molecular complexity index is 269. The van der Waals surface area contributed by atoms with Gasteiger partial charge in [0.25, 0.3) is 0 Å². The normalized spacial score (nSPS) is 17.1. The van der Waals surface area contributed by atoms with Gasteiger partial charge in [0.15, 0.2) is 0 Å². The molecule has 0 spiro atoms. The van der Waals surface area contributed by atoms with Crippen LogP contribution in [0.3, 0.4) is 0 Å². The van der Waals surface area contributed by atoms with Crippen molar-refractivity contribution >= 4 is 5.97 Å². The molecule has 0 aliphatic heterocycles. The summed E-state index contributed by atoms with van der Waals surface area (Å²) < 4.78 is 4.57. The van der Waals surface area contributed by atoms with Gasteiger partial charge in [0, 0.05) is 12.6 Å². The molecule has 1 N–H and O–H groups in total. The molecular weight excluding hydrogens is 190 g/mol. The van der Waals surface area contributed by atoms with E-state index >= 15 is 0 Å². The van der Waals surface area contributed by atoms with E-state index in [2.05, 4.69) is 35.2 Å². The molecule has 0 amide bonds. The zero-order valence-corrected chi connectivity index (χ0v) is 9.45. The van der Waals surface area contributed by atoms with E-state index in [4.69, 9.17) is 0 Å². The molecule has 1 rings (SSSR count). The molecule has 1 unspecified atom stereocenters. The summed E-state index contributed by atoms with van der Waals surface area (Å²) in [6.07, 6.45) is 9.27. The highest BCUT2D eigenvalue weighted by atomic mass is 16.5. The predicted octanol–water partition coefficient (Wildman–Crippen LogP) is 1.80. The number of methoxy groups -OCH3 is 1. The summed E-state index contributed by atoms with van der Waals surface area (Å²) in [7, 11) is 1.41. The van der Waals surface area contributed by atoms with Gasteiger partial charge in [-0.05, 0) is 25.3 Å². The minimum absolute atomic E-state index is 0.164. The average molecular weight is 209 g/mol. The number of nitrogens with one attached hydrogen (secondary N) is 1. The fourth-order valence-electron chi connectivity index (χ4n) is 1.57. The second-order valence-corrected chi connectivity index (χ2v) is 3.69. The number of carbonyl (C=O) groups excluding carboxylic acids is 1. The quantitative estimate of drug-likeness (QED) is 0.702. The Kier molecular flexibility index (Phi) is 5.12. The van der Waals surface area contributed by atoms with Crippen LogP contribution in [0.5, 0.6) is 0 Å².